The van der Waals surface area contributed by atoms with Crippen molar-refractivity contribution in [3.8, 4) is 5.75 Å². The molecule has 2 aromatic rings. The number of aromatic hydroxyl groups is 1. The molecule has 0 aliphatic heterocycles. The minimum Gasteiger partial charge on any atom is -0.508 e. The lowest BCUT2D eigenvalue weighted by molar-refractivity contribution is -0.115. The maximum atomic E-state index is 13.6. The Balaban J connectivity index is 2.08. The molecule has 2 rings (SSSR count). The predicted octanol–water partition coefficient (Wildman–Crippen LogP) is 3.02. The molecule has 0 spiro atoms. The molecule has 0 fully saturated rings. The van der Waals surface area contributed by atoms with Gasteiger partial charge in [0.25, 0.3) is 0 Å². The number of phenolic OH excluding ortho intramolecular Hbond substituents is 1. The number of hydrogen-bond acceptors (Lipinski definition) is 2. The summed E-state index contributed by atoms with van der Waals surface area (Å²) in [6.07, 6.45) is -0.0000102. The molecule has 0 aliphatic carbocycles. The highest BCUT2D eigenvalue weighted by molar-refractivity contribution is 5.92. The van der Waals surface area contributed by atoms with Gasteiger partial charge in [-0.1, -0.05) is 24.3 Å². The Morgan fingerprint density at radius 1 is 1.26 bits per heavy atom. The third-order valence-corrected chi connectivity index (χ3v) is 2.74. The fraction of sp³-hybridized carbons (Fsp3) is 0.133. The Labute approximate surface area is 110 Å². The third-order valence-electron chi connectivity index (χ3n) is 2.74. The number of benzene rings is 2. The normalized spacial score (nSPS) is 10.2. The fourth-order valence-electron chi connectivity index (χ4n) is 1.75. The molecule has 3 nitrogen and oxygen atoms in total. The number of phenols is 1. The van der Waals surface area contributed by atoms with E-state index in [-0.39, 0.29) is 23.8 Å². The third kappa shape index (κ3) is 3.31. The highest BCUT2D eigenvalue weighted by Gasteiger charge is 2.10. The number of para-hydroxylation sites is 1. The van der Waals surface area contributed by atoms with E-state index in [1.807, 2.05) is 0 Å². The first kappa shape index (κ1) is 13.1. The van der Waals surface area contributed by atoms with Gasteiger partial charge in [0, 0.05) is 5.56 Å². The first-order valence-electron chi connectivity index (χ1n) is 5.89. The molecule has 0 bridgehead atoms. The van der Waals surface area contributed by atoms with Crippen molar-refractivity contribution in [3.05, 3.63) is 59.4 Å². The number of amides is 1. The number of hydrogen-bond donors (Lipinski definition) is 2. The molecule has 2 aromatic carbocycles. The van der Waals surface area contributed by atoms with Crippen LogP contribution in [-0.2, 0) is 11.2 Å². The van der Waals surface area contributed by atoms with Crippen LogP contribution in [0.1, 0.15) is 11.1 Å². The van der Waals surface area contributed by atoms with Crippen LogP contribution in [0, 0.1) is 12.7 Å². The van der Waals surface area contributed by atoms with Crippen molar-refractivity contribution < 1.29 is 14.3 Å². The average molecular weight is 259 g/mol. The van der Waals surface area contributed by atoms with Crippen LogP contribution in [0.25, 0.3) is 0 Å². The lowest BCUT2D eigenvalue weighted by Gasteiger charge is -2.08. The van der Waals surface area contributed by atoms with E-state index in [9.17, 15) is 14.3 Å². The first-order chi connectivity index (χ1) is 9.06. The van der Waals surface area contributed by atoms with Crippen LogP contribution in [0.3, 0.4) is 0 Å². The molecule has 0 atom stereocenters. The van der Waals surface area contributed by atoms with Crippen LogP contribution in [0.5, 0.6) is 5.75 Å². The zero-order valence-electron chi connectivity index (χ0n) is 10.5. The average Bonchev–Trinajstić information content (AvgIpc) is 2.36. The number of carbonyl (C=O) groups is 1. The summed E-state index contributed by atoms with van der Waals surface area (Å²) in [5, 5.41) is 12.1. The number of aryl methyl sites for hydroxylation is 1. The van der Waals surface area contributed by atoms with Gasteiger partial charge in [0.2, 0.25) is 5.91 Å². The molecule has 0 saturated heterocycles. The molecule has 0 aromatic heterocycles. The van der Waals surface area contributed by atoms with Crippen LogP contribution >= 0.6 is 0 Å². The molecular weight excluding hydrogens is 245 g/mol. The van der Waals surface area contributed by atoms with E-state index in [4.69, 9.17) is 0 Å². The van der Waals surface area contributed by atoms with Crippen molar-refractivity contribution in [2.45, 2.75) is 13.3 Å². The number of carbonyl (C=O) groups excluding carboxylic acids is 1. The van der Waals surface area contributed by atoms with E-state index in [1.165, 1.54) is 18.2 Å². The monoisotopic (exact) mass is 259 g/mol. The molecule has 0 saturated carbocycles. The topological polar surface area (TPSA) is 49.3 Å². The van der Waals surface area contributed by atoms with Crippen LogP contribution in [0.15, 0.2) is 42.5 Å². The van der Waals surface area contributed by atoms with E-state index >= 15 is 0 Å². The summed E-state index contributed by atoms with van der Waals surface area (Å²) in [6, 6.07) is 11.2. The Kier molecular flexibility index (Phi) is 3.80. The Morgan fingerprint density at radius 3 is 2.68 bits per heavy atom. The van der Waals surface area contributed by atoms with Gasteiger partial charge in [-0.2, -0.15) is 0 Å². The van der Waals surface area contributed by atoms with Crippen LogP contribution < -0.4 is 5.32 Å². The quantitative estimate of drug-likeness (QED) is 0.890. The lowest BCUT2D eigenvalue weighted by atomic mass is 10.1. The molecule has 98 valence electrons. The predicted molar refractivity (Wildman–Crippen MR) is 71.6 cm³/mol. The number of anilines is 1. The minimum absolute atomic E-state index is 0.0000102. The minimum atomic E-state index is -0.467. The molecule has 2 N–H and O–H groups in total. The SMILES string of the molecule is Cc1ccc(NC(=O)Cc2ccccc2O)c(F)c1. The summed E-state index contributed by atoms with van der Waals surface area (Å²) < 4.78 is 13.6. The van der Waals surface area contributed by atoms with Gasteiger partial charge in [-0.05, 0) is 30.7 Å². The molecular formula is C15H14FNO2. The van der Waals surface area contributed by atoms with Crippen LogP contribution in [0.4, 0.5) is 10.1 Å². The van der Waals surface area contributed by atoms with Gasteiger partial charge in [-0.25, -0.2) is 4.39 Å². The second kappa shape index (κ2) is 5.52. The van der Waals surface area contributed by atoms with Gasteiger partial charge in [0.05, 0.1) is 12.1 Å². The molecule has 19 heavy (non-hydrogen) atoms. The van der Waals surface area contributed by atoms with Gasteiger partial charge >= 0.3 is 0 Å². The number of halogens is 1. The molecule has 0 heterocycles. The largest absolute Gasteiger partial charge is 0.508 e. The summed E-state index contributed by atoms with van der Waals surface area (Å²) in [4.78, 5) is 11.8. The zero-order chi connectivity index (χ0) is 13.8. The van der Waals surface area contributed by atoms with Crippen molar-refractivity contribution in [1.82, 2.24) is 0 Å². The molecule has 4 heteroatoms. The number of rotatable bonds is 3. The maximum absolute atomic E-state index is 13.6. The highest BCUT2D eigenvalue weighted by Crippen LogP contribution is 2.18. The first-order valence-corrected chi connectivity index (χ1v) is 5.89. The van der Waals surface area contributed by atoms with Crippen LogP contribution in [0.2, 0.25) is 0 Å². The van der Waals surface area contributed by atoms with Crippen molar-refractivity contribution in [1.29, 1.82) is 0 Å². The van der Waals surface area contributed by atoms with Crippen molar-refractivity contribution >= 4 is 11.6 Å². The van der Waals surface area contributed by atoms with Gasteiger partial charge in [0.15, 0.2) is 0 Å². The zero-order valence-corrected chi connectivity index (χ0v) is 10.5. The van der Waals surface area contributed by atoms with Gasteiger partial charge in [-0.15, -0.1) is 0 Å². The maximum Gasteiger partial charge on any atom is 0.229 e. The second-order valence-electron chi connectivity index (χ2n) is 4.34. The Bertz CT molecular complexity index is 611. The van der Waals surface area contributed by atoms with Gasteiger partial charge in [0.1, 0.15) is 11.6 Å². The van der Waals surface area contributed by atoms with Crippen LogP contribution in [-0.4, -0.2) is 11.0 Å². The highest BCUT2D eigenvalue weighted by atomic mass is 19.1. The summed E-state index contributed by atoms with van der Waals surface area (Å²) in [5.41, 5.74) is 1.44. The van der Waals surface area contributed by atoms with Crippen molar-refractivity contribution in [2.75, 3.05) is 5.32 Å². The standard InChI is InChI=1S/C15H14FNO2/c1-10-6-7-13(12(16)8-10)17-15(19)9-11-4-2-3-5-14(11)18/h2-8,18H,9H2,1H3,(H,17,19). The molecule has 0 aliphatic rings. The fourth-order valence-corrected chi connectivity index (χ4v) is 1.75. The van der Waals surface area contributed by atoms with Gasteiger partial charge in [-0.3, -0.25) is 4.79 Å². The Hall–Kier alpha value is -2.36. The number of nitrogens with one attached hydrogen (secondary N) is 1. The Morgan fingerprint density at radius 2 is 2.00 bits per heavy atom. The smallest absolute Gasteiger partial charge is 0.229 e. The summed E-state index contributed by atoms with van der Waals surface area (Å²) in [7, 11) is 0. The van der Waals surface area contributed by atoms with Gasteiger partial charge < -0.3 is 10.4 Å². The van der Waals surface area contributed by atoms with E-state index in [1.54, 1.807) is 31.2 Å². The van der Waals surface area contributed by atoms with E-state index in [2.05, 4.69) is 5.32 Å². The summed E-state index contributed by atoms with van der Waals surface area (Å²) in [5.74, 6) is -0.781. The molecule has 0 radical (unpaired) electrons. The summed E-state index contributed by atoms with van der Waals surface area (Å²) >= 11 is 0. The van der Waals surface area contributed by atoms with Crippen molar-refractivity contribution in [3.63, 3.8) is 0 Å². The van der Waals surface area contributed by atoms with E-state index < -0.39 is 5.82 Å². The molecule has 0 unspecified atom stereocenters. The van der Waals surface area contributed by atoms with Crippen molar-refractivity contribution in [2.24, 2.45) is 0 Å². The molecule has 1 amide bonds. The van der Waals surface area contributed by atoms with E-state index in [0.717, 1.165) is 5.56 Å². The van der Waals surface area contributed by atoms with E-state index in [0.29, 0.717) is 5.56 Å². The lowest BCUT2D eigenvalue weighted by Crippen LogP contribution is -2.15. The summed E-state index contributed by atoms with van der Waals surface area (Å²) in [6.45, 7) is 1.77. The second-order valence-corrected chi connectivity index (χ2v) is 4.34.